The zero-order valence-electron chi connectivity index (χ0n) is 15.6. The van der Waals surface area contributed by atoms with Crippen LogP contribution in [0.25, 0.3) is 22.0 Å². The van der Waals surface area contributed by atoms with Crippen LogP contribution < -0.4 is 5.43 Å². The Kier molecular flexibility index (Phi) is 4.39. The van der Waals surface area contributed by atoms with Crippen molar-refractivity contribution in [2.45, 2.75) is 38.9 Å². The minimum Gasteiger partial charge on any atom is -0.458 e. The number of alkyl halides is 3. The number of aryl methyl sites for hydroxylation is 1. The van der Waals surface area contributed by atoms with Crippen molar-refractivity contribution in [1.82, 2.24) is 14.5 Å². The van der Waals surface area contributed by atoms with E-state index in [-0.39, 0.29) is 40.6 Å². The highest BCUT2D eigenvalue weighted by molar-refractivity contribution is 6.01. The van der Waals surface area contributed by atoms with E-state index in [0.717, 1.165) is 10.6 Å². The van der Waals surface area contributed by atoms with Gasteiger partial charge in [0, 0.05) is 38.5 Å². The zero-order chi connectivity index (χ0) is 21.1. The molecule has 4 rings (SSSR count). The van der Waals surface area contributed by atoms with Gasteiger partial charge in [-0.1, -0.05) is 0 Å². The van der Waals surface area contributed by atoms with Gasteiger partial charge in [0.25, 0.3) is 0 Å². The second kappa shape index (κ2) is 6.57. The molecule has 0 bridgehead atoms. The molecule has 1 aromatic carbocycles. The van der Waals surface area contributed by atoms with Crippen LogP contribution >= 0.6 is 0 Å². The number of carbonyl (C=O) groups is 1. The van der Waals surface area contributed by atoms with E-state index in [1.807, 2.05) is 0 Å². The average molecular weight is 411 g/mol. The number of halogens is 4. The molecule has 10 heteroatoms. The molecule has 29 heavy (non-hydrogen) atoms. The van der Waals surface area contributed by atoms with Gasteiger partial charge in [-0.3, -0.25) is 9.59 Å². The normalized spacial score (nSPS) is 17.6. The second-order valence-electron chi connectivity index (χ2n) is 7.07. The second-order valence-corrected chi connectivity index (χ2v) is 7.07. The van der Waals surface area contributed by atoms with Gasteiger partial charge in [-0.15, -0.1) is 0 Å². The highest BCUT2D eigenvalue weighted by Crippen LogP contribution is 2.36. The molecular formula is C19H17F4N3O3. The summed E-state index contributed by atoms with van der Waals surface area (Å²) in [6.45, 7) is 3.60. The number of fused-ring (bicyclic) bond motifs is 3. The Labute approximate surface area is 161 Å². The molecule has 3 heterocycles. The minimum absolute atomic E-state index is 0.112. The molecule has 154 valence electrons. The molecule has 2 aromatic heterocycles. The van der Waals surface area contributed by atoms with Crippen LogP contribution in [0.5, 0.6) is 0 Å². The van der Waals surface area contributed by atoms with Crippen molar-refractivity contribution in [3.8, 4) is 0 Å². The number of hydrogen-bond acceptors (Lipinski definition) is 4. The van der Waals surface area contributed by atoms with Crippen LogP contribution in [-0.2, 0) is 17.5 Å². The first-order valence-electron chi connectivity index (χ1n) is 9.11. The topological polar surface area (TPSA) is 68.3 Å². The molecule has 1 unspecified atom stereocenters. The molecule has 1 amide bonds. The lowest BCUT2D eigenvalue weighted by Crippen LogP contribution is -2.25. The fourth-order valence-electron chi connectivity index (χ4n) is 3.88. The molecule has 1 atom stereocenters. The van der Waals surface area contributed by atoms with E-state index < -0.39 is 28.8 Å². The van der Waals surface area contributed by atoms with E-state index in [4.69, 9.17) is 4.42 Å². The molecule has 3 aromatic rings. The van der Waals surface area contributed by atoms with Crippen LogP contribution in [0.2, 0.25) is 0 Å². The van der Waals surface area contributed by atoms with Gasteiger partial charge in [-0.2, -0.15) is 13.2 Å². The van der Waals surface area contributed by atoms with Crippen LogP contribution in [0.4, 0.5) is 17.6 Å². The Balaban J connectivity index is 1.99. The number of nitrogens with zero attached hydrogens (tertiary/aromatic N) is 3. The lowest BCUT2D eigenvalue weighted by Gasteiger charge is -2.14. The van der Waals surface area contributed by atoms with Gasteiger partial charge < -0.3 is 13.9 Å². The number of hydrogen-bond donors (Lipinski definition) is 0. The van der Waals surface area contributed by atoms with Gasteiger partial charge in [-0.05, 0) is 19.4 Å². The quantitative estimate of drug-likeness (QED) is 0.604. The molecular weight excluding hydrogens is 394 g/mol. The van der Waals surface area contributed by atoms with Gasteiger partial charge >= 0.3 is 6.18 Å². The van der Waals surface area contributed by atoms with Crippen molar-refractivity contribution < 1.29 is 26.8 Å². The lowest BCUT2D eigenvalue weighted by molar-refractivity contribution is -0.146. The van der Waals surface area contributed by atoms with Crippen molar-refractivity contribution in [1.29, 1.82) is 0 Å². The number of carbonyl (C=O) groups excluding carboxylic acids is 1. The van der Waals surface area contributed by atoms with Crippen LogP contribution in [0, 0.1) is 5.82 Å². The van der Waals surface area contributed by atoms with Gasteiger partial charge in [0.1, 0.15) is 16.8 Å². The minimum atomic E-state index is -4.79. The summed E-state index contributed by atoms with van der Waals surface area (Å²) >= 11 is 0. The first-order chi connectivity index (χ1) is 13.6. The van der Waals surface area contributed by atoms with Gasteiger partial charge in [0.2, 0.25) is 11.7 Å². The molecule has 0 spiro atoms. The van der Waals surface area contributed by atoms with E-state index in [1.165, 1.54) is 19.9 Å². The maximum atomic E-state index is 14.5. The highest BCUT2D eigenvalue weighted by Gasteiger charge is 2.38. The Morgan fingerprint density at radius 3 is 2.66 bits per heavy atom. The largest absolute Gasteiger partial charge is 0.458 e. The summed E-state index contributed by atoms with van der Waals surface area (Å²) in [6, 6.07) is 2.08. The van der Waals surface area contributed by atoms with E-state index in [2.05, 4.69) is 4.98 Å². The Bertz CT molecular complexity index is 1200. The summed E-state index contributed by atoms with van der Waals surface area (Å²) in [5.41, 5.74) is -1.38. The number of rotatable bonds is 2. The zero-order valence-corrected chi connectivity index (χ0v) is 15.6. The molecule has 1 aliphatic rings. The number of aromatic nitrogens is 2. The van der Waals surface area contributed by atoms with Crippen LogP contribution in [0.3, 0.4) is 0 Å². The van der Waals surface area contributed by atoms with E-state index in [1.54, 1.807) is 4.90 Å². The first kappa shape index (κ1) is 19.4. The predicted octanol–water partition coefficient (Wildman–Crippen LogP) is 3.66. The third-order valence-corrected chi connectivity index (χ3v) is 5.29. The predicted molar refractivity (Wildman–Crippen MR) is 96.0 cm³/mol. The third kappa shape index (κ3) is 3.06. The van der Waals surface area contributed by atoms with E-state index in [0.29, 0.717) is 19.5 Å². The number of likely N-dealkylation sites (tertiary alicyclic amines) is 1. The van der Waals surface area contributed by atoms with Crippen molar-refractivity contribution in [2.24, 2.45) is 0 Å². The van der Waals surface area contributed by atoms with Crippen molar-refractivity contribution >= 4 is 27.9 Å². The monoisotopic (exact) mass is 411 g/mol. The number of benzene rings is 1. The molecule has 6 nitrogen and oxygen atoms in total. The summed E-state index contributed by atoms with van der Waals surface area (Å²) in [7, 11) is 0. The lowest BCUT2D eigenvalue weighted by atomic mass is 10.0. The van der Waals surface area contributed by atoms with Crippen LogP contribution in [0.15, 0.2) is 21.3 Å². The maximum Gasteiger partial charge on any atom is 0.449 e. The molecule has 1 fully saturated rings. The van der Waals surface area contributed by atoms with E-state index in [9.17, 15) is 27.2 Å². The molecule has 0 N–H and O–H groups in total. The standard InChI is InChI=1S/C19H17F4N3O3/c1-3-26-16-15(24-18(26)19(21,22)23)12(20)6-11-13(28)7-14(29-17(11)16)10-4-5-25(8-10)9(2)27/h6-7,10H,3-5,8H2,1-2H3. The SMILES string of the molecule is CCn1c(C(F)(F)F)nc2c(F)cc3c(=O)cc(C4CCN(C(C)=O)C4)oc3c21. The summed E-state index contributed by atoms with van der Waals surface area (Å²) < 4.78 is 61.3. The summed E-state index contributed by atoms with van der Waals surface area (Å²) in [5.74, 6) is -2.39. The van der Waals surface area contributed by atoms with Crippen LogP contribution in [0.1, 0.15) is 37.8 Å². The fraction of sp³-hybridized carbons (Fsp3) is 0.421. The third-order valence-electron chi connectivity index (χ3n) is 5.29. The molecule has 0 aliphatic carbocycles. The Hall–Kier alpha value is -2.91. The summed E-state index contributed by atoms with van der Waals surface area (Å²) in [6.07, 6.45) is -4.24. The average Bonchev–Trinajstić information content (AvgIpc) is 3.27. The van der Waals surface area contributed by atoms with Crippen molar-refractivity contribution in [2.75, 3.05) is 13.1 Å². The van der Waals surface area contributed by atoms with E-state index >= 15 is 0 Å². The smallest absolute Gasteiger partial charge is 0.449 e. The molecule has 1 aliphatic heterocycles. The van der Waals surface area contributed by atoms with Crippen molar-refractivity contribution in [3.05, 3.63) is 39.8 Å². The first-order valence-corrected chi connectivity index (χ1v) is 9.11. The summed E-state index contributed by atoms with van der Waals surface area (Å²) in [5, 5.41) is -0.150. The number of imidazole rings is 1. The van der Waals surface area contributed by atoms with Gasteiger partial charge in [0.15, 0.2) is 16.8 Å². The van der Waals surface area contributed by atoms with Gasteiger partial charge in [-0.25, -0.2) is 9.37 Å². The number of amides is 1. The maximum absolute atomic E-state index is 14.5. The van der Waals surface area contributed by atoms with Gasteiger partial charge in [0.05, 0.1) is 5.39 Å². The van der Waals surface area contributed by atoms with Crippen molar-refractivity contribution in [3.63, 3.8) is 0 Å². The Morgan fingerprint density at radius 1 is 1.34 bits per heavy atom. The molecule has 0 saturated carbocycles. The molecule has 1 saturated heterocycles. The summed E-state index contributed by atoms with van der Waals surface area (Å²) in [4.78, 5) is 29.2. The molecule has 0 radical (unpaired) electrons. The highest BCUT2D eigenvalue weighted by atomic mass is 19.4. The van der Waals surface area contributed by atoms with Crippen LogP contribution in [-0.4, -0.2) is 33.4 Å². The Morgan fingerprint density at radius 2 is 2.07 bits per heavy atom. The fourth-order valence-corrected chi connectivity index (χ4v) is 3.88.